The number of halogens is 1. The lowest BCUT2D eigenvalue weighted by molar-refractivity contribution is -0.165. The van der Waals surface area contributed by atoms with Crippen molar-refractivity contribution in [3.63, 3.8) is 0 Å². The van der Waals surface area contributed by atoms with Gasteiger partial charge < -0.3 is 32.5 Å². The van der Waals surface area contributed by atoms with Crippen LogP contribution in [0, 0.1) is 24.7 Å². The Morgan fingerprint density at radius 1 is 0.896 bits per heavy atom. The van der Waals surface area contributed by atoms with Gasteiger partial charge >= 0.3 is 0 Å². The topological polar surface area (TPSA) is 64.6 Å². The summed E-state index contributed by atoms with van der Waals surface area (Å²) in [4.78, 5) is 0. The summed E-state index contributed by atoms with van der Waals surface area (Å²) >= 11 is 2.41. The fourth-order valence-corrected chi connectivity index (χ4v) is 9.28. The van der Waals surface area contributed by atoms with Gasteiger partial charge in [0.2, 0.25) is 0 Å². The van der Waals surface area contributed by atoms with E-state index in [0.29, 0.717) is 11.7 Å². The van der Waals surface area contributed by atoms with Gasteiger partial charge in [0.1, 0.15) is 12.5 Å². The Kier molecular flexibility index (Phi) is 15.6. The molecule has 0 amide bonds. The first-order valence-electron chi connectivity index (χ1n) is 17.7. The van der Waals surface area contributed by atoms with Gasteiger partial charge in [0.15, 0.2) is 19.8 Å². The summed E-state index contributed by atoms with van der Waals surface area (Å²) in [5, 5.41) is 0.0270. The predicted octanol–water partition coefficient (Wildman–Crippen LogP) is 11.4. The molecule has 0 saturated carbocycles. The third-order valence-corrected chi connectivity index (χ3v) is 20.3. The first-order valence-corrected chi connectivity index (χ1v) is 24.5. The van der Waals surface area contributed by atoms with E-state index in [2.05, 4.69) is 124 Å². The lowest BCUT2D eigenvalue weighted by Crippen LogP contribution is -2.53. The predicted molar refractivity (Wildman–Crippen MR) is 213 cm³/mol. The first kappa shape index (κ1) is 43.5. The summed E-state index contributed by atoms with van der Waals surface area (Å²) < 4.78 is 47.1. The monoisotopic (exact) mass is 820 g/mol. The highest BCUT2D eigenvalue weighted by molar-refractivity contribution is 14.1. The van der Waals surface area contributed by atoms with Gasteiger partial charge in [-0.2, -0.15) is 0 Å². The normalized spacial score (nSPS) is 23.6. The van der Waals surface area contributed by atoms with Gasteiger partial charge in [-0.15, -0.1) is 0 Å². The molecule has 0 aliphatic carbocycles. The highest BCUT2D eigenvalue weighted by Crippen LogP contribution is 2.55. The summed E-state index contributed by atoms with van der Waals surface area (Å²) in [6.07, 6.45) is 3.93. The van der Waals surface area contributed by atoms with E-state index in [1.54, 1.807) is 21.3 Å². The molecule has 2 rings (SSSR count). The van der Waals surface area contributed by atoms with Crippen molar-refractivity contribution in [1.82, 2.24) is 0 Å². The summed E-state index contributed by atoms with van der Waals surface area (Å²) in [5.74, 6) is 2.82. The van der Waals surface area contributed by atoms with Crippen LogP contribution in [0.5, 0.6) is 17.2 Å². The number of hydrogen-bond acceptors (Lipinski definition) is 7. The number of ether oxygens (including phenoxy) is 5. The summed E-state index contributed by atoms with van der Waals surface area (Å²) in [5.41, 5.74) is 2.74. The average Bonchev–Trinajstić information content (AvgIpc) is 2.94. The van der Waals surface area contributed by atoms with Crippen LogP contribution in [0.2, 0.25) is 36.3 Å². The number of methoxy groups -OCH3 is 3. The molecular formula is C38H69IO7Si2. The Morgan fingerprint density at radius 3 is 1.94 bits per heavy atom. The molecule has 0 spiro atoms. The number of hydrogen-bond donors (Lipinski definition) is 0. The van der Waals surface area contributed by atoms with Crippen LogP contribution in [0.3, 0.4) is 0 Å². The zero-order chi connectivity index (χ0) is 37.0. The minimum absolute atomic E-state index is 0.0133. The van der Waals surface area contributed by atoms with Crippen LogP contribution < -0.4 is 13.9 Å². The molecule has 0 unspecified atom stereocenters. The lowest BCUT2D eigenvalue weighted by Gasteiger charge is -2.50. The standard InChI is InChI=1S/C38H69IO7Si2/c1-24(21-25(2)39)19-20-30-26(3)32(45-47(15,16)37(6,7)8)27(4)34(44-30)31-29(22-43-23-40-12)33(41-13)28(5)35(42-14)36(31)46-48(17,18)38(9,10)11/h21,24,26-27,30,32,34H,19-20,22-23H2,1-18H3/b25-21+/t24-,26-,27+,30+,32-,34+/m0/s1. The third-order valence-electron chi connectivity index (χ3n) is 11.1. The van der Waals surface area contributed by atoms with E-state index in [4.69, 9.17) is 32.5 Å². The van der Waals surface area contributed by atoms with Gasteiger partial charge in [-0.05, 0) is 95.0 Å². The maximum Gasteiger partial charge on any atom is 0.250 e. The third kappa shape index (κ3) is 10.2. The minimum atomic E-state index is -2.35. The molecule has 0 aromatic heterocycles. The van der Waals surface area contributed by atoms with E-state index in [1.165, 1.54) is 3.58 Å². The largest absolute Gasteiger partial charge is 0.541 e. The molecule has 7 nitrogen and oxygen atoms in total. The Bertz CT molecular complexity index is 1230. The van der Waals surface area contributed by atoms with Crippen molar-refractivity contribution in [2.24, 2.45) is 17.8 Å². The van der Waals surface area contributed by atoms with Gasteiger partial charge in [-0.25, -0.2) is 0 Å². The number of benzene rings is 1. The molecule has 10 heteroatoms. The van der Waals surface area contributed by atoms with Crippen LogP contribution in [-0.2, 0) is 25.2 Å². The van der Waals surface area contributed by atoms with Crippen molar-refractivity contribution in [3.8, 4) is 17.2 Å². The zero-order valence-corrected chi connectivity index (χ0v) is 37.8. The smallest absolute Gasteiger partial charge is 0.250 e. The van der Waals surface area contributed by atoms with E-state index in [0.717, 1.165) is 41.0 Å². The molecule has 1 saturated heterocycles. The maximum absolute atomic E-state index is 7.39. The van der Waals surface area contributed by atoms with Crippen molar-refractivity contribution in [2.45, 2.75) is 150 Å². The van der Waals surface area contributed by atoms with Gasteiger partial charge in [0, 0.05) is 35.6 Å². The van der Waals surface area contributed by atoms with Crippen molar-refractivity contribution in [1.29, 1.82) is 0 Å². The van der Waals surface area contributed by atoms with Gasteiger partial charge in [0.05, 0.1) is 39.1 Å². The van der Waals surface area contributed by atoms with Crippen LogP contribution in [0.4, 0.5) is 0 Å². The molecule has 1 heterocycles. The molecule has 0 bridgehead atoms. The molecule has 48 heavy (non-hydrogen) atoms. The Labute approximate surface area is 309 Å². The first-order chi connectivity index (χ1) is 21.9. The molecular weight excluding hydrogens is 751 g/mol. The molecule has 1 aromatic rings. The van der Waals surface area contributed by atoms with Gasteiger partial charge in [0.25, 0.3) is 8.32 Å². The Balaban J connectivity index is 2.97. The maximum atomic E-state index is 7.39. The zero-order valence-electron chi connectivity index (χ0n) is 33.6. The summed E-state index contributed by atoms with van der Waals surface area (Å²) in [7, 11) is 0.571. The highest BCUT2D eigenvalue weighted by atomic mass is 127. The minimum Gasteiger partial charge on any atom is -0.541 e. The quantitative estimate of drug-likeness (QED) is 0.0756. The fraction of sp³-hybridized carbons (Fsp3) is 0.789. The number of rotatable bonds is 15. The van der Waals surface area contributed by atoms with E-state index in [-0.39, 0.29) is 53.6 Å². The van der Waals surface area contributed by atoms with Gasteiger partial charge in [-0.3, -0.25) is 0 Å². The molecule has 1 aromatic carbocycles. The van der Waals surface area contributed by atoms with Crippen LogP contribution in [0.1, 0.15) is 105 Å². The van der Waals surface area contributed by atoms with Crippen molar-refractivity contribution in [3.05, 3.63) is 26.3 Å². The second kappa shape index (κ2) is 17.3. The molecule has 278 valence electrons. The SMILES string of the molecule is COCOCc1c(OC)c(C)c(OC)c(O[Si](C)(C)C(C)(C)C)c1[C@@H]1O[C@H](CC[C@H](C)/C=C(\C)I)[C@H](C)[C@H](O[Si](C)(C)C(C)(C)C)[C@H]1C. The van der Waals surface area contributed by atoms with Crippen LogP contribution >= 0.6 is 22.6 Å². The van der Waals surface area contributed by atoms with Crippen molar-refractivity contribution in [2.75, 3.05) is 28.1 Å². The molecule has 1 aliphatic heterocycles. The molecule has 1 fully saturated rings. The van der Waals surface area contributed by atoms with Crippen molar-refractivity contribution < 1.29 is 32.5 Å². The van der Waals surface area contributed by atoms with E-state index < -0.39 is 16.6 Å². The molecule has 0 radical (unpaired) electrons. The van der Waals surface area contributed by atoms with Crippen LogP contribution in [0.15, 0.2) is 9.66 Å². The highest BCUT2D eigenvalue weighted by Gasteiger charge is 2.50. The second-order valence-electron chi connectivity index (χ2n) is 17.0. The van der Waals surface area contributed by atoms with Gasteiger partial charge in [-0.1, -0.05) is 68.4 Å². The van der Waals surface area contributed by atoms with E-state index in [9.17, 15) is 0 Å². The Hall–Kier alpha value is -0.636. The van der Waals surface area contributed by atoms with E-state index >= 15 is 0 Å². The summed E-state index contributed by atoms with van der Waals surface area (Å²) in [6, 6.07) is 0. The fourth-order valence-electron chi connectivity index (χ4n) is 6.18. The molecule has 6 atom stereocenters. The van der Waals surface area contributed by atoms with Crippen LogP contribution in [0.25, 0.3) is 0 Å². The van der Waals surface area contributed by atoms with Crippen LogP contribution in [-0.4, -0.2) is 57.0 Å². The van der Waals surface area contributed by atoms with Crippen molar-refractivity contribution >= 4 is 39.2 Å². The molecule has 1 aliphatic rings. The number of allylic oxidation sites excluding steroid dienone is 2. The summed E-state index contributed by atoms with van der Waals surface area (Å²) in [6.45, 7) is 34.5. The average molecular weight is 821 g/mol. The molecule has 0 N–H and O–H groups in total. The van der Waals surface area contributed by atoms with E-state index in [1.807, 2.05) is 6.92 Å². The second-order valence-corrected chi connectivity index (χ2v) is 28.2. The lowest BCUT2D eigenvalue weighted by atomic mass is 9.77. The Morgan fingerprint density at radius 2 is 1.46 bits per heavy atom.